The quantitative estimate of drug-likeness (QED) is 0.451. The molecule has 0 aliphatic heterocycles. The van der Waals surface area contributed by atoms with Gasteiger partial charge >= 0.3 is 0 Å². The molecule has 0 radical (unpaired) electrons. The zero-order chi connectivity index (χ0) is 8.85. The van der Waals surface area contributed by atoms with Crippen molar-refractivity contribution in [3.05, 3.63) is 24.8 Å². The molecule has 0 aliphatic carbocycles. The maximum Gasteiger partial charge on any atom is 0.243 e. The largest absolute Gasteiger partial charge is 0.394 e. The highest BCUT2D eigenvalue weighted by Crippen LogP contribution is 1.95. The van der Waals surface area contributed by atoms with Crippen LogP contribution in [0.2, 0.25) is 0 Å². The lowest BCUT2D eigenvalue weighted by Gasteiger charge is -2.14. The van der Waals surface area contributed by atoms with Crippen LogP contribution >= 0.6 is 0 Å². The van der Waals surface area contributed by atoms with Crippen LogP contribution in [0.4, 0.5) is 0 Å². The zero-order valence-corrected chi connectivity index (χ0v) is 6.63. The minimum absolute atomic E-state index is 0.130. The molecular weight excluding hydrogens is 142 g/mol. The van der Waals surface area contributed by atoms with Gasteiger partial charge in [-0.3, -0.25) is 4.79 Å². The number of carbonyl (C=O) groups excluding carboxylic acids is 1. The van der Waals surface area contributed by atoms with Gasteiger partial charge in [0.1, 0.15) is 0 Å². The van der Waals surface area contributed by atoms with Gasteiger partial charge in [-0.05, 0) is 13.0 Å². The molecule has 1 amide bonds. The molecule has 0 aliphatic rings. The first-order chi connectivity index (χ1) is 5.11. The fourth-order valence-electron chi connectivity index (χ4n) is 0.555. The Hall–Kier alpha value is -1.09. The lowest BCUT2D eigenvalue weighted by atomic mass is 10.1. The zero-order valence-electron chi connectivity index (χ0n) is 6.63. The van der Waals surface area contributed by atoms with E-state index in [2.05, 4.69) is 18.5 Å². The van der Waals surface area contributed by atoms with Crippen LogP contribution in [-0.4, -0.2) is 23.7 Å². The maximum absolute atomic E-state index is 10.7. The average Bonchev–Trinajstić information content (AvgIpc) is 1.99. The van der Waals surface area contributed by atoms with E-state index in [-0.39, 0.29) is 18.6 Å². The molecule has 0 bridgehead atoms. The van der Waals surface area contributed by atoms with E-state index < -0.39 is 0 Å². The summed E-state index contributed by atoms with van der Waals surface area (Å²) >= 11 is 0. The minimum Gasteiger partial charge on any atom is -0.394 e. The molecule has 0 aromatic rings. The average molecular weight is 155 g/mol. The van der Waals surface area contributed by atoms with E-state index in [0.29, 0.717) is 0 Å². The summed E-state index contributed by atoms with van der Waals surface area (Å²) in [5, 5.41) is 11.2. The number of rotatable bonds is 4. The Morgan fingerprint density at radius 2 is 2.36 bits per heavy atom. The van der Waals surface area contributed by atoms with Crippen LogP contribution < -0.4 is 5.32 Å². The van der Waals surface area contributed by atoms with Crippen LogP contribution in [0.15, 0.2) is 24.8 Å². The molecule has 62 valence electrons. The molecule has 0 aromatic heterocycles. The third-order valence-corrected chi connectivity index (χ3v) is 1.28. The molecule has 3 heteroatoms. The summed E-state index contributed by atoms with van der Waals surface area (Å²) in [5.74, 6) is -0.299. The summed E-state index contributed by atoms with van der Waals surface area (Å²) in [6, 6.07) is -0.361. The van der Waals surface area contributed by atoms with Gasteiger partial charge in [-0.1, -0.05) is 18.7 Å². The molecule has 0 aromatic carbocycles. The van der Waals surface area contributed by atoms with Crippen molar-refractivity contribution in [2.75, 3.05) is 6.61 Å². The highest BCUT2D eigenvalue weighted by Gasteiger charge is 2.08. The Labute approximate surface area is 66.4 Å². The molecule has 0 fully saturated rings. The molecule has 0 saturated heterocycles. The van der Waals surface area contributed by atoms with Crippen molar-refractivity contribution in [1.82, 2.24) is 5.32 Å². The van der Waals surface area contributed by atoms with Gasteiger partial charge in [-0.15, -0.1) is 0 Å². The highest BCUT2D eigenvalue weighted by molar-refractivity contribution is 5.87. The van der Waals surface area contributed by atoms with Gasteiger partial charge in [0.15, 0.2) is 0 Å². The molecule has 0 saturated carbocycles. The van der Waals surface area contributed by atoms with Crippen LogP contribution in [0, 0.1) is 0 Å². The summed E-state index contributed by atoms with van der Waals surface area (Å²) in [6.07, 6.45) is 1.16. The van der Waals surface area contributed by atoms with Crippen LogP contribution in [0.5, 0.6) is 0 Å². The van der Waals surface area contributed by atoms with Crippen LogP contribution in [0.25, 0.3) is 0 Å². The number of aliphatic hydroxyl groups is 1. The standard InChI is InChI=1S/C8H13NO2/c1-4-8(11)9-7(5-10)6(2)3/h4,7,10H,1-2,5H2,3H3,(H,9,11). The van der Waals surface area contributed by atoms with Gasteiger partial charge in [0.2, 0.25) is 5.91 Å². The van der Waals surface area contributed by atoms with E-state index in [1.165, 1.54) is 0 Å². The number of nitrogens with one attached hydrogen (secondary N) is 1. The molecule has 1 atom stereocenters. The Morgan fingerprint density at radius 1 is 1.82 bits per heavy atom. The normalized spacial score (nSPS) is 11.8. The van der Waals surface area contributed by atoms with Gasteiger partial charge < -0.3 is 10.4 Å². The fraction of sp³-hybridized carbons (Fsp3) is 0.375. The summed E-state index contributed by atoms with van der Waals surface area (Å²) in [6.45, 7) is 8.50. The van der Waals surface area contributed by atoms with Crippen LogP contribution in [-0.2, 0) is 4.79 Å². The third kappa shape index (κ3) is 3.57. The summed E-state index contributed by atoms with van der Waals surface area (Å²) in [4.78, 5) is 10.7. The van der Waals surface area contributed by atoms with Crippen molar-refractivity contribution in [3.63, 3.8) is 0 Å². The Balaban J connectivity index is 3.97. The number of amides is 1. The number of aliphatic hydroxyl groups excluding tert-OH is 1. The molecule has 0 rings (SSSR count). The molecule has 0 spiro atoms. The molecular formula is C8H13NO2. The second-order valence-corrected chi connectivity index (χ2v) is 2.29. The SMILES string of the molecule is C=CC(=O)NC(CO)C(=C)C. The van der Waals surface area contributed by atoms with Gasteiger partial charge in [-0.2, -0.15) is 0 Å². The first-order valence-electron chi connectivity index (χ1n) is 3.31. The number of hydrogen-bond acceptors (Lipinski definition) is 2. The smallest absolute Gasteiger partial charge is 0.243 e. The van der Waals surface area contributed by atoms with Crippen molar-refractivity contribution in [2.24, 2.45) is 0 Å². The van der Waals surface area contributed by atoms with E-state index in [9.17, 15) is 4.79 Å². The predicted molar refractivity (Wildman–Crippen MR) is 44.0 cm³/mol. The summed E-state index contributed by atoms with van der Waals surface area (Å²) < 4.78 is 0. The fourth-order valence-corrected chi connectivity index (χ4v) is 0.555. The first-order valence-corrected chi connectivity index (χ1v) is 3.31. The molecule has 1 unspecified atom stereocenters. The highest BCUT2D eigenvalue weighted by atomic mass is 16.3. The molecule has 11 heavy (non-hydrogen) atoms. The monoisotopic (exact) mass is 155 g/mol. The van der Waals surface area contributed by atoms with Crippen molar-refractivity contribution < 1.29 is 9.90 Å². The second-order valence-electron chi connectivity index (χ2n) is 2.29. The van der Waals surface area contributed by atoms with Crippen LogP contribution in [0.1, 0.15) is 6.92 Å². The topological polar surface area (TPSA) is 49.3 Å². The summed E-state index contributed by atoms with van der Waals surface area (Å²) in [5.41, 5.74) is 0.725. The Bertz CT molecular complexity index is 175. The molecule has 0 heterocycles. The van der Waals surface area contributed by atoms with E-state index >= 15 is 0 Å². The van der Waals surface area contributed by atoms with Crippen molar-refractivity contribution in [3.8, 4) is 0 Å². The van der Waals surface area contributed by atoms with E-state index in [0.717, 1.165) is 11.6 Å². The number of hydrogen-bond donors (Lipinski definition) is 2. The van der Waals surface area contributed by atoms with Gasteiger partial charge in [0.25, 0.3) is 0 Å². The summed E-state index contributed by atoms with van der Waals surface area (Å²) in [7, 11) is 0. The van der Waals surface area contributed by atoms with E-state index in [1.807, 2.05) is 0 Å². The van der Waals surface area contributed by atoms with E-state index in [4.69, 9.17) is 5.11 Å². The molecule has 3 nitrogen and oxygen atoms in total. The lowest BCUT2D eigenvalue weighted by molar-refractivity contribution is -0.117. The van der Waals surface area contributed by atoms with Crippen molar-refractivity contribution >= 4 is 5.91 Å². The third-order valence-electron chi connectivity index (χ3n) is 1.28. The van der Waals surface area contributed by atoms with Crippen molar-refractivity contribution in [1.29, 1.82) is 0 Å². The minimum atomic E-state index is -0.361. The van der Waals surface area contributed by atoms with Gasteiger partial charge in [-0.25, -0.2) is 0 Å². The van der Waals surface area contributed by atoms with Gasteiger partial charge in [0.05, 0.1) is 12.6 Å². The lowest BCUT2D eigenvalue weighted by Crippen LogP contribution is -2.36. The van der Waals surface area contributed by atoms with Crippen molar-refractivity contribution in [2.45, 2.75) is 13.0 Å². The van der Waals surface area contributed by atoms with E-state index in [1.54, 1.807) is 6.92 Å². The Morgan fingerprint density at radius 3 is 2.64 bits per heavy atom. The second kappa shape index (κ2) is 4.68. The van der Waals surface area contributed by atoms with Gasteiger partial charge in [0, 0.05) is 0 Å². The Kier molecular flexibility index (Phi) is 4.22. The predicted octanol–water partition coefficient (Wildman–Crippen LogP) is 0.226. The first kappa shape index (κ1) is 9.91. The number of carbonyl (C=O) groups is 1. The maximum atomic E-state index is 10.7. The van der Waals surface area contributed by atoms with Crippen LogP contribution in [0.3, 0.4) is 0 Å². The molecule has 2 N–H and O–H groups in total.